The Labute approximate surface area is 165 Å². The number of carboxylic acid groups (broad SMARTS) is 1. The Morgan fingerprint density at radius 1 is 1.37 bits per heavy atom. The van der Waals surface area contributed by atoms with Crippen LogP contribution in [0.2, 0.25) is 0 Å². The largest absolute Gasteiger partial charge is 0.490 e. The molecule has 0 aliphatic carbocycles. The van der Waals surface area contributed by atoms with Gasteiger partial charge in [0.2, 0.25) is 0 Å². The standard InChI is InChI=1S/C18H21BrN2O6/c1-4-10(3)27-16-12(19)6-11(8-14(16)26-5-2)7-13-17(24)21(9-15(22)23)18(25)20-13/h6-8,10H,4-5,9H2,1-3H3,(H,20,25)(H,22,23)/b13-7+/t10-/m1/s1. The fourth-order valence-corrected chi connectivity index (χ4v) is 2.90. The van der Waals surface area contributed by atoms with Crippen LogP contribution in [0.3, 0.4) is 0 Å². The average molecular weight is 441 g/mol. The van der Waals surface area contributed by atoms with E-state index in [1.165, 1.54) is 6.08 Å². The number of rotatable bonds is 8. The minimum atomic E-state index is -1.27. The molecule has 0 saturated carbocycles. The van der Waals surface area contributed by atoms with E-state index in [0.717, 1.165) is 6.42 Å². The van der Waals surface area contributed by atoms with Gasteiger partial charge in [0.15, 0.2) is 11.5 Å². The van der Waals surface area contributed by atoms with E-state index < -0.39 is 24.5 Å². The minimum absolute atomic E-state index is 0.00815. The normalized spacial score (nSPS) is 16.4. The quantitative estimate of drug-likeness (QED) is 0.475. The Kier molecular flexibility index (Phi) is 6.84. The predicted molar refractivity (Wildman–Crippen MR) is 102 cm³/mol. The monoisotopic (exact) mass is 440 g/mol. The van der Waals surface area contributed by atoms with Gasteiger partial charge in [0.25, 0.3) is 5.91 Å². The summed E-state index contributed by atoms with van der Waals surface area (Å²) in [4.78, 5) is 35.5. The fourth-order valence-electron chi connectivity index (χ4n) is 2.35. The first-order chi connectivity index (χ1) is 12.8. The number of halogens is 1. The van der Waals surface area contributed by atoms with Crippen molar-refractivity contribution >= 4 is 39.9 Å². The molecule has 1 aromatic carbocycles. The van der Waals surface area contributed by atoms with E-state index in [0.29, 0.717) is 33.0 Å². The molecular weight excluding hydrogens is 420 g/mol. The van der Waals surface area contributed by atoms with Crippen LogP contribution >= 0.6 is 15.9 Å². The predicted octanol–water partition coefficient (Wildman–Crippen LogP) is 3.00. The van der Waals surface area contributed by atoms with Crippen LogP contribution in [0.4, 0.5) is 4.79 Å². The summed E-state index contributed by atoms with van der Waals surface area (Å²) in [6.45, 7) is 5.52. The van der Waals surface area contributed by atoms with Gasteiger partial charge in [-0.25, -0.2) is 9.69 Å². The number of hydrogen-bond acceptors (Lipinski definition) is 5. The fraction of sp³-hybridized carbons (Fsp3) is 0.389. The van der Waals surface area contributed by atoms with E-state index in [2.05, 4.69) is 21.2 Å². The molecule has 1 heterocycles. The van der Waals surface area contributed by atoms with Crippen molar-refractivity contribution in [3.05, 3.63) is 27.9 Å². The van der Waals surface area contributed by atoms with E-state index in [9.17, 15) is 14.4 Å². The summed E-state index contributed by atoms with van der Waals surface area (Å²) in [5.41, 5.74) is 0.578. The number of urea groups is 1. The Hall–Kier alpha value is -2.55. The molecule has 1 saturated heterocycles. The maximum Gasteiger partial charge on any atom is 0.329 e. The highest BCUT2D eigenvalue weighted by atomic mass is 79.9. The zero-order valence-corrected chi connectivity index (χ0v) is 16.8. The van der Waals surface area contributed by atoms with Gasteiger partial charge in [0.1, 0.15) is 12.2 Å². The molecule has 0 radical (unpaired) electrons. The number of hydrogen-bond donors (Lipinski definition) is 2. The van der Waals surface area contributed by atoms with Gasteiger partial charge in [-0.1, -0.05) is 6.92 Å². The van der Waals surface area contributed by atoms with Crippen LogP contribution in [-0.2, 0) is 9.59 Å². The van der Waals surface area contributed by atoms with Gasteiger partial charge in [-0.15, -0.1) is 0 Å². The maximum atomic E-state index is 12.2. The van der Waals surface area contributed by atoms with Crippen molar-refractivity contribution in [1.29, 1.82) is 0 Å². The van der Waals surface area contributed by atoms with Gasteiger partial charge < -0.3 is 19.9 Å². The first kappa shape index (κ1) is 20.8. The highest BCUT2D eigenvalue weighted by Crippen LogP contribution is 2.38. The molecular formula is C18H21BrN2O6. The lowest BCUT2D eigenvalue weighted by Crippen LogP contribution is -2.35. The van der Waals surface area contributed by atoms with E-state index in [-0.39, 0.29) is 11.8 Å². The van der Waals surface area contributed by atoms with Gasteiger partial charge >= 0.3 is 12.0 Å². The summed E-state index contributed by atoms with van der Waals surface area (Å²) in [6.07, 6.45) is 2.27. The van der Waals surface area contributed by atoms with Gasteiger partial charge in [-0.3, -0.25) is 9.59 Å². The molecule has 2 rings (SSSR count). The van der Waals surface area contributed by atoms with Crippen LogP contribution in [0.5, 0.6) is 11.5 Å². The number of nitrogens with zero attached hydrogens (tertiary/aromatic N) is 1. The summed E-state index contributed by atoms with van der Waals surface area (Å²) in [5.74, 6) is -0.912. The first-order valence-corrected chi connectivity index (χ1v) is 9.25. The Bertz CT molecular complexity index is 792. The van der Waals surface area contributed by atoms with Crippen LogP contribution in [0, 0.1) is 0 Å². The van der Waals surface area contributed by atoms with Crippen molar-refractivity contribution < 1.29 is 29.0 Å². The van der Waals surface area contributed by atoms with Gasteiger partial charge in [0, 0.05) is 0 Å². The zero-order chi connectivity index (χ0) is 20.1. The van der Waals surface area contributed by atoms with Crippen molar-refractivity contribution in [1.82, 2.24) is 10.2 Å². The molecule has 1 fully saturated rings. The number of benzene rings is 1. The molecule has 0 unspecified atom stereocenters. The molecule has 27 heavy (non-hydrogen) atoms. The van der Waals surface area contributed by atoms with Crippen LogP contribution in [-0.4, -0.2) is 47.2 Å². The molecule has 1 atom stereocenters. The lowest BCUT2D eigenvalue weighted by molar-refractivity contribution is -0.140. The van der Waals surface area contributed by atoms with Crippen molar-refractivity contribution in [2.75, 3.05) is 13.2 Å². The lowest BCUT2D eigenvalue weighted by Gasteiger charge is -2.18. The zero-order valence-electron chi connectivity index (χ0n) is 15.2. The number of carboxylic acids is 1. The molecule has 9 heteroatoms. The second kappa shape index (κ2) is 8.90. The third kappa shape index (κ3) is 5.00. The van der Waals surface area contributed by atoms with Crippen molar-refractivity contribution in [2.24, 2.45) is 0 Å². The smallest absolute Gasteiger partial charge is 0.329 e. The van der Waals surface area contributed by atoms with E-state index >= 15 is 0 Å². The number of carbonyl (C=O) groups excluding carboxylic acids is 2. The second-order valence-corrected chi connectivity index (χ2v) is 6.73. The Balaban J connectivity index is 2.36. The molecule has 0 aromatic heterocycles. The van der Waals surface area contributed by atoms with E-state index in [1.807, 2.05) is 20.8 Å². The molecule has 2 N–H and O–H groups in total. The minimum Gasteiger partial charge on any atom is -0.490 e. The molecule has 3 amide bonds. The average Bonchev–Trinajstić information content (AvgIpc) is 2.85. The molecule has 0 bridgehead atoms. The molecule has 1 aliphatic rings. The number of aliphatic carboxylic acids is 1. The summed E-state index contributed by atoms with van der Waals surface area (Å²) in [5, 5.41) is 11.2. The highest BCUT2D eigenvalue weighted by Gasteiger charge is 2.34. The van der Waals surface area contributed by atoms with Gasteiger partial charge in [0.05, 0.1) is 17.2 Å². The maximum absolute atomic E-state index is 12.2. The number of imide groups is 1. The molecule has 146 valence electrons. The van der Waals surface area contributed by atoms with Crippen LogP contribution in [0.15, 0.2) is 22.3 Å². The second-order valence-electron chi connectivity index (χ2n) is 5.87. The molecule has 8 nitrogen and oxygen atoms in total. The van der Waals surface area contributed by atoms with Crippen molar-refractivity contribution in [2.45, 2.75) is 33.3 Å². The number of amides is 3. The summed E-state index contributed by atoms with van der Waals surface area (Å²) < 4.78 is 12.2. The SMILES string of the molecule is CCOc1cc(/C=C2/NC(=O)N(CC(=O)O)C2=O)cc(Br)c1O[C@H](C)CC. The van der Waals surface area contributed by atoms with Crippen LogP contribution < -0.4 is 14.8 Å². The third-order valence-corrected chi connectivity index (χ3v) is 4.38. The van der Waals surface area contributed by atoms with Gasteiger partial charge in [-0.2, -0.15) is 0 Å². The van der Waals surface area contributed by atoms with Crippen LogP contribution in [0.25, 0.3) is 6.08 Å². The Morgan fingerprint density at radius 2 is 2.07 bits per heavy atom. The molecule has 1 aliphatic heterocycles. The van der Waals surface area contributed by atoms with Crippen molar-refractivity contribution in [3.8, 4) is 11.5 Å². The summed E-state index contributed by atoms with van der Waals surface area (Å²) in [7, 11) is 0. The first-order valence-electron chi connectivity index (χ1n) is 8.46. The Morgan fingerprint density at radius 3 is 2.67 bits per heavy atom. The van der Waals surface area contributed by atoms with Crippen LogP contribution in [0.1, 0.15) is 32.8 Å². The number of nitrogens with one attached hydrogen (secondary N) is 1. The van der Waals surface area contributed by atoms with E-state index in [1.54, 1.807) is 12.1 Å². The molecule has 0 spiro atoms. The number of carbonyl (C=O) groups is 3. The summed E-state index contributed by atoms with van der Waals surface area (Å²) in [6, 6.07) is 2.65. The van der Waals surface area contributed by atoms with Gasteiger partial charge in [-0.05, 0) is 60.0 Å². The topological polar surface area (TPSA) is 105 Å². The third-order valence-electron chi connectivity index (χ3n) is 3.79. The summed E-state index contributed by atoms with van der Waals surface area (Å²) >= 11 is 3.45. The van der Waals surface area contributed by atoms with Crippen molar-refractivity contribution in [3.63, 3.8) is 0 Å². The lowest BCUT2D eigenvalue weighted by atomic mass is 10.1. The van der Waals surface area contributed by atoms with E-state index in [4.69, 9.17) is 14.6 Å². The number of ether oxygens (including phenoxy) is 2. The highest BCUT2D eigenvalue weighted by molar-refractivity contribution is 9.10. The molecule has 1 aromatic rings.